The first-order chi connectivity index (χ1) is 9.60. The van der Waals surface area contributed by atoms with Crippen LogP contribution in [0.25, 0.3) is 0 Å². The van der Waals surface area contributed by atoms with Crippen molar-refractivity contribution >= 4 is 5.69 Å². The van der Waals surface area contributed by atoms with Crippen LogP contribution in [-0.4, -0.2) is 26.2 Å². The number of nitrogens with two attached hydrogens (primary N) is 1. The Hall–Kier alpha value is -1.22. The van der Waals surface area contributed by atoms with Crippen LogP contribution in [0.1, 0.15) is 39.0 Å². The molecule has 2 rings (SSSR count). The average Bonchev–Trinajstić information content (AvgIpc) is 2.43. The maximum absolute atomic E-state index is 6.25. The number of ether oxygens (including phenoxy) is 1. The van der Waals surface area contributed by atoms with Crippen LogP contribution in [0, 0.1) is 5.92 Å². The van der Waals surface area contributed by atoms with Gasteiger partial charge in [-0.15, -0.1) is 0 Å². The Labute approximate surface area is 123 Å². The molecule has 1 aliphatic rings. The van der Waals surface area contributed by atoms with Gasteiger partial charge in [0.15, 0.2) is 0 Å². The van der Waals surface area contributed by atoms with Crippen LogP contribution in [0.15, 0.2) is 24.3 Å². The fourth-order valence-electron chi connectivity index (χ4n) is 3.05. The standard InChI is InChI=1S/C17H28N2O/c1-4-6-13-9-10-16(18)17(11-13)20-15-8-5-7-14(12-15)19(2)3/h5,7-8,12-13,16-17H,4,6,9-11,18H2,1-3H3. The molecule has 0 bridgehead atoms. The lowest BCUT2D eigenvalue weighted by atomic mass is 9.82. The lowest BCUT2D eigenvalue weighted by molar-refractivity contribution is 0.0993. The van der Waals surface area contributed by atoms with Gasteiger partial charge < -0.3 is 15.4 Å². The minimum Gasteiger partial charge on any atom is -0.489 e. The predicted molar refractivity (Wildman–Crippen MR) is 85.4 cm³/mol. The molecule has 0 saturated heterocycles. The smallest absolute Gasteiger partial charge is 0.121 e. The second kappa shape index (κ2) is 6.98. The van der Waals surface area contributed by atoms with Gasteiger partial charge in [-0.2, -0.15) is 0 Å². The molecule has 1 saturated carbocycles. The van der Waals surface area contributed by atoms with Crippen molar-refractivity contribution < 1.29 is 4.74 Å². The van der Waals surface area contributed by atoms with Gasteiger partial charge in [0.05, 0.1) is 0 Å². The zero-order chi connectivity index (χ0) is 14.5. The van der Waals surface area contributed by atoms with E-state index in [1.54, 1.807) is 0 Å². The molecule has 1 aliphatic carbocycles. The molecule has 1 aromatic carbocycles. The number of hydrogen-bond donors (Lipinski definition) is 1. The highest BCUT2D eigenvalue weighted by atomic mass is 16.5. The van der Waals surface area contributed by atoms with E-state index in [2.05, 4.69) is 24.0 Å². The van der Waals surface area contributed by atoms with Crippen LogP contribution >= 0.6 is 0 Å². The molecule has 1 aromatic rings. The Kier molecular flexibility index (Phi) is 5.30. The van der Waals surface area contributed by atoms with E-state index in [0.29, 0.717) is 0 Å². The molecule has 3 heteroatoms. The number of hydrogen-bond acceptors (Lipinski definition) is 3. The highest BCUT2D eigenvalue weighted by molar-refractivity contribution is 5.49. The van der Waals surface area contributed by atoms with Crippen molar-refractivity contribution in [2.24, 2.45) is 11.7 Å². The fourth-order valence-corrected chi connectivity index (χ4v) is 3.05. The van der Waals surface area contributed by atoms with Crippen LogP contribution in [0.3, 0.4) is 0 Å². The van der Waals surface area contributed by atoms with Crippen molar-refractivity contribution in [3.05, 3.63) is 24.3 Å². The molecule has 3 unspecified atom stereocenters. The van der Waals surface area contributed by atoms with Crippen molar-refractivity contribution in [1.82, 2.24) is 0 Å². The van der Waals surface area contributed by atoms with Crippen molar-refractivity contribution in [1.29, 1.82) is 0 Å². The molecular weight excluding hydrogens is 248 g/mol. The quantitative estimate of drug-likeness (QED) is 0.895. The summed E-state index contributed by atoms with van der Waals surface area (Å²) in [4.78, 5) is 2.09. The molecule has 0 spiro atoms. The molecule has 20 heavy (non-hydrogen) atoms. The lowest BCUT2D eigenvalue weighted by Crippen LogP contribution is -2.43. The SMILES string of the molecule is CCCC1CCC(N)C(Oc2cccc(N(C)C)c2)C1. The minimum atomic E-state index is 0.165. The molecule has 112 valence electrons. The first-order valence-corrected chi connectivity index (χ1v) is 7.79. The molecule has 0 amide bonds. The monoisotopic (exact) mass is 276 g/mol. The van der Waals surface area contributed by atoms with E-state index in [1.165, 1.54) is 19.3 Å². The van der Waals surface area contributed by atoms with E-state index in [9.17, 15) is 0 Å². The Balaban J connectivity index is 2.01. The normalized spacial score (nSPS) is 26.3. The first kappa shape index (κ1) is 15.2. The molecule has 3 atom stereocenters. The van der Waals surface area contributed by atoms with E-state index in [4.69, 9.17) is 10.5 Å². The zero-order valence-corrected chi connectivity index (χ0v) is 13.0. The van der Waals surface area contributed by atoms with E-state index in [-0.39, 0.29) is 12.1 Å². The van der Waals surface area contributed by atoms with Gasteiger partial charge in [0, 0.05) is 31.9 Å². The van der Waals surface area contributed by atoms with Crippen molar-refractivity contribution in [3.63, 3.8) is 0 Å². The summed E-state index contributed by atoms with van der Waals surface area (Å²) in [5, 5.41) is 0. The van der Waals surface area contributed by atoms with Gasteiger partial charge in [-0.25, -0.2) is 0 Å². The van der Waals surface area contributed by atoms with Crippen molar-refractivity contribution in [3.8, 4) is 5.75 Å². The molecule has 0 aromatic heterocycles. The van der Waals surface area contributed by atoms with Gasteiger partial charge >= 0.3 is 0 Å². The first-order valence-electron chi connectivity index (χ1n) is 7.79. The number of benzene rings is 1. The van der Waals surface area contributed by atoms with Gasteiger partial charge in [0.25, 0.3) is 0 Å². The third kappa shape index (κ3) is 3.89. The van der Waals surface area contributed by atoms with Gasteiger partial charge in [0.2, 0.25) is 0 Å². The average molecular weight is 276 g/mol. The fraction of sp³-hybridized carbons (Fsp3) is 0.647. The largest absolute Gasteiger partial charge is 0.489 e. The second-order valence-corrected chi connectivity index (χ2v) is 6.18. The van der Waals surface area contributed by atoms with Crippen LogP contribution in [-0.2, 0) is 0 Å². The molecule has 0 radical (unpaired) electrons. The van der Waals surface area contributed by atoms with Gasteiger partial charge in [-0.3, -0.25) is 0 Å². The zero-order valence-electron chi connectivity index (χ0n) is 13.0. The topological polar surface area (TPSA) is 38.5 Å². The Morgan fingerprint density at radius 3 is 2.80 bits per heavy atom. The molecular formula is C17H28N2O. The third-order valence-corrected chi connectivity index (χ3v) is 4.27. The predicted octanol–water partition coefficient (Wildman–Crippen LogP) is 3.43. The summed E-state index contributed by atoms with van der Waals surface area (Å²) >= 11 is 0. The molecule has 1 fully saturated rings. The van der Waals surface area contributed by atoms with Crippen LogP contribution in [0.2, 0.25) is 0 Å². The Morgan fingerprint density at radius 2 is 2.10 bits per heavy atom. The summed E-state index contributed by atoms with van der Waals surface area (Å²) in [5.74, 6) is 1.72. The Bertz CT molecular complexity index is 419. The van der Waals surface area contributed by atoms with E-state index < -0.39 is 0 Å². The van der Waals surface area contributed by atoms with Crippen LogP contribution < -0.4 is 15.4 Å². The highest BCUT2D eigenvalue weighted by Gasteiger charge is 2.29. The van der Waals surface area contributed by atoms with Crippen LogP contribution in [0.5, 0.6) is 5.75 Å². The summed E-state index contributed by atoms with van der Waals surface area (Å²) < 4.78 is 6.18. The summed E-state index contributed by atoms with van der Waals surface area (Å²) in [6.07, 6.45) is 6.15. The van der Waals surface area contributed by atoms with Gasteiger partial charge in [-0.1, -0.05) is 25.8 Å². The maximum Gasteiger partial charge on any atom is 0.121 e. The lowest BCUT2D eigenvalue weighted by Gasteiger charge is -2.34. The van der Waals surface area contributed by atoms with Gasteiger partial charge in [0.1, 0.15) is 11.9 Å². The molecule has 0 aliphatic heterocycles. The second-order valence-electron chi connectivity index (χ2n) is 6.18. The number of nitrogens with zero attached hydrogens (tertiary/aromatic N) is 1. The van der Waals surface area contributed by atoms with Gasteiger partial charge in [-0.05, 0) is 37.3 Å². The minimum absolute atomic E-state index is 0.165. The summed E-state index contributed by atoms with van der Waals surface area (Å²) in [5.41, 5.74) is 7.41. The van der Waals surface area contributed by atoms with E-state index in [0.717, 1.165) is 30.2 Å². The third-order valence-electron chi connectivity index (χ3n) is 4.27. The summed E-state index contributed by atoms with van der Waals surface area (Å²) in [6.45, 7) is 2.25. The number of rotatable bonds is 5. The summed E-state index contributed by atoms with van der Waals surface area (Å²) in [6, 6.07) is 8.43. The maximum atomic E-state index is 6.25. The molecule has 2 N–H and O–H groups in total. The van der Waals surface area contributed by atoms with E-state index in [1.807, 2.05) is 26.2 Å². The van der Waals surface area contributed by atoms with Crippen molar-refractivity contribution in [2.45, 2.75) is 51.2 Å². The van der Waals surface area contributed by atoms with Crippen LogP contribution in [0.4, 0.5) is 5.69 Å². The van der Waals surface area contributed by atoms with Crippen molar-refractivity contribution in [2.75, 3.05) is 19.0 Å². The summed E-state index contributed by atoms with van der Waals surface area (Å²) in [7, 11) is 4.09. The number of anilines is 1. The molecule has 0 heterocycles. The highest BCUT2D eigenvalue weighted by Crippen LogP contribution is 2.31. The van der Waals surface area contributed by atoms with E-state index >= 15 is 0 Å². The Morgan fingerprint density at radius 1 is 1.30 bits per heavy atom. The molecule has 3 nitrogen and oxygen atoms in total.